The molecule has 140 valence electrons. The minimum Gasteiger partial charge on any atom is -0.492 e. The van der Waals surface area contributed by atoms with E-state index in [0.29, 0.717) is 59.1 Å². The first kappa shape index (κ1) is 17.7. The van der Waals surface area contributed by atoms with Gasteiger partial charge in [0.25, 0.3) is 5.91 Å². The van der Waals surface area contributed by atoms with Crippen LogP contribution in [0.4, 0.5) is 10.1 Å². The molecule has 2 aromatic rings. The van der Waals surface area contributed by atoms with Crippen LogP contribution in [0.15, 0.2) is 43.0 Å². The topological polar surface area (TPSA) is 50.8 Å². The van der Waals surface area contributed by atoms with Gasteiger partial charge in [-0.1, -0.05) is 30.3 Å². The van der Waals surface area contributed by atoms with Crippen molar-refractivity contribution in [3.8, 4) is 11.5 Å². The number of benzene rings is 2. The van der Waals surface area contributed by atoms with E-state index in [1.165, 1.54) is 6.07 Å². The monoisotopic (exact) mass is 388 g/mol. The second kappa shape index (κ2) is 7.12. The van der Waals surface area contributed by atoms with Crippen LogP contribution in [0, 0.1) is 11.7 Å². The second-order valence-electron chi connectivity index (χ2n) is 6.62. The van der Waals surface area contributed by atoms with Gasteiger partial charge >= 0.3 is 0 Å². The highest BCUT2D eigenvalue weighted by molar-refractivity contribution is 6.32. The van der Waals surface area contributed by atoms with Crippen LogP contribution >= 0.6 is 11.6 Å². The number of anilines is 1. The van der Waals surface area contributed by atoms with Gasteiger partial charge in [-0.15, -0.1) is 0 Å². The molecule has 27 heavy (non-hydrogen) atoms. The fourth-order valence-electron chi connectivity index (χ4n) is 3.16. The molecule has 2 aromatic carbocycles. The molecule has 2 heterocycles. The fourth-order valence-corrected chi connectivity index (χ4v) is 3.35. The van der Waals surface area contributed by atoms with Crippen molar-refractivity contribution in [2.45, 2.75) is 0 Å². The number of halogens is 2. The second-order valence-corrected chi connectivity index (χ2v) is 7.03. The molecule has 0 unspecified atom stereocenters. The summed E-state index contributed by atoms with van der Waals surface area (Å²) in [6, 6.07) is 10.2. The van der Waals surface area contributed by atoms with E-state index >= 15 is 0 Å². The van der Waals surface area contributed by atoms with Crippen LogP contribution in [0.1, 0.15) is 5.56 Å². The Morgan fingerprint density at radius 1 is 1.37 bits per heavy atom. The van der Waals surface area contributed by atoms with Crippen molar-refractivity contribution >= 4 is 28.9 Å². The highest BCUT2D eigenvalue weighted by Gasteiger charge is 2.30. The van der Waals surface area contributed by atoms with Gasteiger partial charge in [0.15, 0.2) is 6.61 Å². The number of hydrogen-bond acceptors (Lipinski definition) is 4. The molecule has 0 bridgehead atoms. The summed E-state index contributed by atoms with van der Waals surface area (Å²) in [5, 5.41) is 3.27. The quantitative estimate of drug-likeness (QED) is 0.846. The molecule has 2 aliphatic rings. The van der Waals surface area contributed by atoms with Crippen LogP contribution in [0.25, 0.3) is 5.70 Å². The molecule has 1 N–H and O–H groups in total. The predicted molar refractivity (Wildman–Crippen MR) is 102 cm³/mol. The number of carbonyl (C=O) groups is 1. The number of ether oxygens (including phenoxy) is 2. The van der Waals surface area contributed by atoms with Crippen LogP contribution in [-0.4, -0.2) is 37.1 Å². The first-order valence-corrected chi connectivity index (χ1v) is 8.97. The van der Waals surface area contributed by atoms with E-state index < -0.39 is 5.82 Å². The molecule has 1 amide bonds. The van der Waals surface area contributed by atoms with Crippen molar-refractivity contribution in [2.24, 2.45) is 5.92 Å². The number of nitrogens with one attached hydrogen (secondary N) is 1. The molecular formula is C20H18ClFN2O3. The van der Waals surface area contributed by atoms with Crippen molar-refractivity contribution in [2.75, 3.05) is 31.6 Å². The Hall–Kier alpha value is -2.73. The van der Waals surface area contributed by atoms with E-state index in [-0.39, 0.29) is 12.5 Å². The minimum atomic E-state index is -0.425. The molecule has 0 saturated carbocycles. The number of carbonyl (C=O) groups excluding carboxylic acids is 1. The lowest BCUT2D eigenvalue weighted by molar-refractivity contribution is -0.118. The largest absolute Gasteiger partial charge is 0.492 e. The normalized spacial score (nSPS) is 16.1. The van der Waals surface area contributed by atoms with Gasteiger partial charge in [0, 0.05) is 36.3 Å². The summed E-state index contributed by atoms with van der Waals surface area (Å²) in [5.74, 6) is 0.616. The van der Waals surface area contributed by atoms with Crippen molar-refractivity contribution in [1.82, 2.24) is 4.90 Å². The summed E-state index contributed by atoms with van der Waals surface area (Å²) < 4.78 is 25.4. The van der Waals surface area contributed by atoms with E-state index in [1.54, 1.807) is 12.1 Å². The molecule has 2 aliphatic heterocycles. The predicted octanol–water partition coefficient (Wildman–Crippen LogP) is 3.79. The van der Waals surface area contributed by atoms with E-state index in [2.05, 4.69) is 11.9 Å². The number of hydrogen-bond donors (Lipinski definition) is 1. The highest BCUT2D eigenvalue weighted by atomic mass is 35.5. The Morgan fingerprint density at radius 2 is 2.15 bits per heavy atom. The van der Waals surface area contributed by atoms with Gasteiger partial charge < -0.3 is 19.7 Å². The lowest BCUT2D eigenvalue weighted by Gasteiger charge is -2.42. The zero-order chi connectivity index (χ0) is 19.0. The van der Waals surface area contributed by atoms with Gasteiger partial charge in [0.1, 0.15) is 17.3 Å². The smallest absolute Gasteiger partial charge is 0.262 e. The average Bonchev–Trinajstić information content (AvgIpc) is 2.61. The highest BCUT2D eigenvalue weighted by Crippen LogP contribution is 2.36. The summed E-state index contributed by atoms with van der Waals surface area (Å²) in [5.41, 5.74) is 1.39. The van der Waals surface area contributed by atoms with Crippen molar-refractivity contribution in [3.63, 3.8) is 0 Å². The molecule has 0 aromatic heterocycles. The summed E-state index contributed by atoms with van der Waals surface area (Å²) in [4.78, 5) is 13.4. The maximum atomic E-state index is 14.4. The van der Waals surface area contributed by atoms with E-state index in [1.807, 2.05) is 23.1 Å². The molecule has 1 saturated heterocycles. The Bertz CT molecular complexity index is 912. The van der Waals surface area contributed by atoms with Crippen molar-refractivity contribution in [3.05, 3.63) is 59.4 Å². The number of amides is 1. The maximum absolute atomic E-state index is 14.4. The van der Waals surface area contributed by atoms with Gasteiger partial charge in [-0.05, 0) is 18.2 Å². The van der Waals surface area contributed by atoms with Crippen LogP contribution in [0.5, 0.6) is 11.5 Å². The first-order valence-electron chi connectivity index (χ1n) is 8.59. The lowest BCUT2D eigenvalue weighted by Crippen LogP contribution is -2.47. The molecule has 5 nitrogen and oxygen atoms in total. The number of likely N-dealkylation sites (tertiary alicyclic amines) is 1. The molecule has 0 atom stereocenters. The molecule has 0 radical (unpaired) electrons. The Labute approximate surface area is 161 Å². The van der Waals surface area contributed by atoms with Gasteiger partial charge in [0.2, 0.25) is 0 Å². The van der Waals surface area contributed by atoms with Crippen LogP contribution in [0.2, 0.25) is 5.02 Å². The standard InChI is InChI=1S/C20H18ClFN2O3/c1-12(14-6-17-19(7-16(14)22)27-11-20(25)23-17)24-8-13(9-24)10-26-18-5-3-2-4-15(18)21/h2-7,13H,1,8-11H2,(H,23,25). The summed E-state index contributed by atoms with van der Waals surface area (Å²) in [7, 11) is 0. The lowest BCUT2D eigenvalue weighted by atomic mass is 9.98. The summed E-state index contributed by atoms with van der Waals surface area (Å²) in [6.07, 6.45) is 0. The van der Waals surface area contributed by atoms with Gasteiger partial charge in [-0.25, -0.2) is 4.39 Å². The summed E-state index contributed by atoms with van der Waals surface area (Å²) >= 11 is 6.08. The maximum Gasteiger partial charge on any atom is 0.262 e. The molecule has 0 aliphatic carbocycles. The van der Waals surface area contributed by atoms with Crippen molar-refractivity contribution < 1.29 is 18.7 Å². The summed E-state index contributed by atoms with van der Waals surface area (Å²) in [6.45, 7) is 5.86. The SMILES string of the molecule is C=C(c1cc2c(cc1F)OCC(=O)N2)N1CC(COc2ccccc2Cl)C1. The molecule has 0 spiro atoms. The number of para-hydroxylation sites is 1. The molecule has 1 fully saturated rings. The van der Waals surface area contributed by atoms with Gasteiger partial charge in [-0.3, -0.25) is 4.79 Å². The van der Waals surface area contributed by atoms with E-state index in [4.69, 9.17) is 21.1 Å². The van der Waals surface area contributed by atoms with Gasteiger partial charge in [0.05, 0.1) is 17.3 Å². The number of nitrogens with zero attached hydrogens (tertiary/aromatic N) is 1. The zero-order valence-electron chi connectivity index (χ0n) is 14.5. The van der Waals surface area contributed by atoms with Crippen LogP contribution in [-0.2, 0) is 4.79 Å². The van der Waals surface area contributed by atoms with E-state index in [0.717, 1.165) is 0 Å². The third-order valence-electron chi connectivity index (χ3n) is 4.66. The Morgan fingerprint density at radius 3 is 2.93 bits per heavy atom. The molecule has 7 heteroatoms. The molecular weight excluding hydrogens is 371 g/mol. The average molecular weight is 389 g/mol. The first-order chi connectivity index (χ1) is 13.0. The third-order valence-corrected chi connectivity index (χ3v) is 4.98. The molecule has 4 rings (SSSR count). The van der Waals surface area contributed by atoms with Crippen LogP contribution in [0.3, 0.4) is 0 Å². The van der Waals surface area contributed by atoms with Crippen LogP contribution < -0.4 is 14.8 Å². The third kappa shape index (κ3) is 3.57. The fraction of sp³-hybridized carbons (Fsp3) is 0.250. The number of rotatable bonds is 5. The van der Waals surface area contributed by atoms with E-state index in [9.17, 15) is 9.18 Å². The van der Waals surface area contributed by atoms with Crippen molar-refractivity contribution in [1.29, 1.82) is 0 Å². The Balaban J connectivity index is 1.37. The Kier molecular flexibility index (Phi) is 4.66. The van der Waals surface area contributed by atoms with Gasteiger partial charge in [-0.2, -0.15) is 0 Å². The zero-order valence-corrected chi connectivity index (χ0v) is 15.3. The number of fused-ring (bicyclic) bond motifs is 1. The minimum absolute atomic E-state index is 0.105.